The van der Waals surface area contributed by atoms with E-state index >= 15 is 0 Å². The van der Waals surface area contributed by atoms with E-state index in [4.69, 9.17) is 4.74 Å². The van der Waals surface area contributed by atoms with Crippen molar-refractivity contribution in [2.75, 3.05) is 19.0 Å². The van der Waals surface area contributed by atoms with Crippen LogP contribution in [-0.4, -0.2) is 30.4 Å². The maximum atomic E-state index is 13.5. The lowest BCUT2D eigenvalue weighted by Gasteiger charge is -2.15. The highest BCUT2D eigenvalue weighted by atomic mass is 19.1. The zero-order chi connectivity index (χ0) is 22.7. The van der Waals surface area contributed by atoms with Crippen LogP contribution in [0.3, 0.4) is 0 Å². The van der Waals surface area contributed by atoms with Gasteiger partial charge in [-0.15, -0.1) is 0 Å². The van der Waals surface area contributed by atoms with Gasteiger partial charge in [-0.2, -0.15) is 0 Å². The second-order valence-corrected chi connectivity index (χ2v) is 7.61. The summed E-state index contributed by atoms with van der Waals surface area (Å²) in [6.45, 7) is 2.20. The molecule has 32 heavy (non-hydrogen) atoms. The number of carbonyl (C=O) groups excluding carboxylic acids is 2. The van der Waals surface area contributed by atoms with Gasteiger partial charge in [-0.25, -0.2) is 4.39 Å². The Kier molecular flexibility index (Phi) is 6.03. The van der Waals surface area contributed by atoms with Crippen molar-refractivity contribution in [3.8, 4) is 5.75 Å². The monoisotopic (exact) mass is 430 g/mol. The summed E-state index contributed by atoms with van der Waals surface area (Å²) < 4.78 is 18.6. The van der Waals surface area contributed by atoms with Crippen LogP contribution in [0.4, 0.5) is 10.1 Å². The average molecular weight is 430 g/mol. The number of aryl methyl sites for hydroxylation is 1. The van der Waals surface area contributed by atoms with Crippen molar-refractivity contribution in [3.63, 3.8) is 0 Å². The summed E-state index contributed by atoms with van der Waals surface area (Å²) in [5.41, 5.74) is 3.69. The SMILES string of the molecule is COc1ccc(CCN2C(=O)C(Nc3ccc(C)cc3)=C(c3ccc(F)cc3)C2=O)cc1. The summed E-state index contributed by atoms with van der Waals surface area (Å²) in [7, 11) is 1.60. The highest BCUT2D eigenvalue weighted by Gasteiger charge is 2.38. The molecule has 0 bridgehead atoms. The molecule has 4 rings (SSSR count). The molecular formula is C26H23FN2O3. The minimum atomic E-state index is -0.407. The Morgan fingerprint density at radius 2 is 1.53 bits per heavy atom. The molecule has 0 unspecified atom stereocenters. The summed E-state index contributed by atoms with van der Waals surface area (Å²) in [5.74, 6) is -0.462. The first kappa shape index (κ1) is 21.3. The summed E-state index contributed by atoms with van der Waals surface area (Å²) >= 11 is 0. The first-order valence-electron chi connectivity index (χ1n) is 10.3. The number of hydrogen-bond acceptors (Lipinski definition) is 4. The first-order chi connectivity index (χ1) is 15.5. The van der Waals surface area contributed by atoms with E-state index in [0.29, 0.717) is 17.7 Å². The van der Waals surface area contributed by atoms with Crippen molar-refractivity contribution in [3.05, 3.63) is 101 Å². The first-order valence-corrected chi connectivity index (χ1v) is 10.3. The van der Waals surface area contributed by atoms with E-state index in [1.54, 1.807) is 7.11 Å². The third-order valence-electron chi connectivity index (χ3n) is 5.40. The molecule has 3 aromatic rings. The lowest BCUT2D eigenvalue weighted by molar-refractivity contribution is -0.136. The Morgan fingerprint density at radius 3 is 2.16 bits per heavy atom. The van der Waals surface area contributed by atoms with Gasteiger partial charge in [0.25, 0.3) is 11.8 Å². The molecule has 162 valence electrons. The van der Waals surface area contributed by atoms with E-state index in [2.05, 4.69) is 5.32 Å². The second-order valence-electron chi connectivity index (χ2n) is 7.61. The summed E-state index contributed by atoms with van der Waals surface area (Å²) in [4.78, 5) is 27.8. The Hall–Kier alpha value is -3.93. The van der Waals surface area contributed by atoms with Crippen molar-refractivity contribution >= 4 is 23.1 Å². The molecule has 2 amide bonds. The summed E-state index contributed by atoms with van der Waals surface area (Å²) in [6.07, 6.45) is 0.510. The number of benzene rings is 3. The average Bonchev–Trinajstić information content (AvgIpc) is 3.04. The molecule has 1 aliphatic heterocycles. The van der Waals surface area contributed by atoms with Gasteiger partial charge >= 0.3 is 0 Å². The number of carbonyl (C=O) groups is 2. The van der Waals surface area contributed by atoms with Gasteiger partial charge in [-0.1, -0.05) is 42.0 Å². The summed E-state index contributed by atoms with van der Waals surface area (Å²) in [6, 6.07) is 20.6. The Morgan fingerprint density at radius 1 is 0.875 bits per heavy atom. The van der Waals surface area contributed by atoms with Crippen LogP contribution in [0.15, 0.2) is 78.5 Å². The normalized spacial score (nSPS) is 13.7. The highest BCUT2D eigenvalue weighted by Crippen LogP contribution is 2.31. The number of nitrogens with one attached hydrogen (secondary N) is 1. The smallest absolute Gasteiger partial charge is 0.278 e. The van der Waals surface area contributed by atoms with Crippen LogP contribution in [-0.2, 0) is 16.0 Å². The predicted molar refractivity (Wildman–Crippen MR) is 122 cm³/mol. The van der Waals surface area contributed by atoms with Gasteiger partial charge in [0.15, 0.2) is 0 Å². The number of anilines is 1. The van der Waals surface area contributed by atoms with E-state index in [9.17, 15) is 14.0 Å². The number of ether oxygens (including phenoxy) is 1. The van der Waals surface area contributed by atoms with E-state index in [1.807, 2.05) is 55.5 Å². The topological polar surface area (TPSA) is 58.6 Å². The number of imide groups is 1. The fourth-order valence-electron chi connectivity index (χ4n) is 3.59. The molecule has 0 fully saturated rings. The van der Waals surface area contributed by atoms with Crippen molar-refractivity contribution in [2.24, 2.45) is 0 Å². The van der Waals surface area contributed by atoms with Gasteiger partial charge in [-0.3, -0.25) is 14.5 Å². The van der Waals surface area contributed by atoms with Crippen molar-refractivity contribution in [1.29, 1.82) is 0 Å². The molecule has 0 saturated carbocycles. The van der Waals surface area contributed by atoms with Crippen LogP contribution in [0.1, 0.15) is 16.7 Å². The van der Waals surface area contributed by atoms with Gasteiger partial charge in [0, 0.05) is 12.2 Å². The van der Waals surface area contributed by atoms with Crippen molar-refractivity contribution < 1.29 is 18.7 Å². The number of halogens is 1. The predicted octanol–water partition coefficient (Wildman–Crippen LogP) is 4.58. The molecule has 3 aromatic carbocycles. The Bertz CT molecular complexity index is 1170. The van der Waals surface area contributed by atoms with Crippen LogP contribution >= 0.6 is 0 Å². The second kappa shape index (κ2) is 9.06. The lowest BCUT2D eigenvalue weighted by Crippen LogP contribution is -2.34. The van der Waals surface area contributed by atoms with Crippen LogP contribution in [0, 0.1) is 12.7 Å². The maximum absolute atomic E-state index is 13.5. The molecule has 0 spiro atoms. The lowest BCUT2D eigenvalue weighted by atomic mass is 10.0. The van der Waals surface area contributed by atoms with Crippen molar-refractivity contribution in [2.45, 2.75) is 13.3 Å². The quantitative estimate of drug-likeness (QED) is 0.558. The van der Waals surface area contributed by atoms with Gasteiger partial charge in [0.05, 0.1) is 12.7 Å². The molecule has 1 heterocycles. The molecule has 0 aliphatic carbocycles. The van der Waals surface area contributed by atoms with Crippen LogP contribution in [0.2, 0.25) is 0 Å². The maximum Gasteiger partial charge on any atom is 0.278 e. The van der Waals surface area contributed by atoms with E-state index in [0.717, 1.165) is 16.9 Å². The molecular weight excluding hydrogens is 407 g/mol. The Balaban J connectivity index is 1.62. The van der Waals surface area contributed by atoms with Crippen molar-refractivity contribution in [1.82, 2.24) is 4.90 Å². The summed E-state index contributed by atoms with van der Waals surface area (Å²) in [5, 5.41) is 3.11. The van der Waals surface area contributed by atoms with Gasteiger partial charge in [0.1, 0.15) is 17.3 Å². The highest BCUT2D eigenvalue weighted by molar-refractivity contribution is 6.36. The minimum absolute atomic E-state index is 0.195. The van der Waals surface area contributed by atoms with Crippen LogP contribution in [0.25, 0.3) is 5.57 Å². The molecule has 0 aromatic heterocycles. The number of nitrogens with zero attached hydrogens (tertiary/aromatic N) is 1. The largest absolute Gasteiger partial charge is 0.497 e. The standard InChI is InChI=1S/C26H23FN2O3/c1-17-3-11-21(12-4-17)28-24-23(19-7-9-20(27)10-8-19)25(30)29(26(24)31)16-15-18-5-13-22(32-2)14-6-18/h3-14,28H,15-16H2,1-2H3. The number of methoxy groups -OCH3 is 1. The molecule has 1 aliphatic rings. The zero-order valence-corrected chi connectivity index (χ0v) is 17.9. The fraction of sp³-hybridized carbons (Fsp3) is 0.154. The van der Waals surface area contributed by atoms with Crippen LogP contribution < -0.4 is 10.1 Å². The Labute approximate surface area is 186 Å². The molecule has 6 heteroatoms. The van der Waals surface area contributed by atoms with Gasteiger partial charge in [-0.05, 0) is 60.9 Å². The molecule has 0 radical (unpaired) electrons. The zero-order valence-electron chi connectivity index (χ0n) is 17.9. The minimum Gasteiger partial charge on any atom is -0.497 e. The molecule has 0 saturated heterocycles. The third kappa shape index (κ3) is 4.39. The molecule has 1 N–H and O–H groups in total. The van der Waals surface area contributed by atoms with E-state index < -0.39 is 17.6 Å². The van der Waals surface area contributed by atoms with Gasteiger partial charge < -0.3 is 10.1 Å². The molecule has 5 nitrogen and oxygen atoms in total. The van der Waals surface area contributed by atoms with Crippen LogP contribution in [0.5, 0.6) is 5.75 Å². The number of hydrogen-bond donors (Lipinski definition) is 1. The molecule has 0 atom stereocenters. The fourth-order valence-corrected chi connectivity index (χ4v) is 3.59. The number of rotatable bonds is 7. The number of amides is 2. The third-order valence-corrected chi connectivity index (χ3v) is 5.40. The van der Waals surface area contributed by atoms with E-state index in [1.165, 1.54) is 29.2 Å². The van der Waals surface area contributed by atoms with Gasteiger partial charge in [0.2, 0.25) is 0 Å². The van der Waals surface area contributed by atoms with E-state index in [-0.39, 0.29) is 17.8 Å².